The maximum Gasteiger partial charge on any atom is 0.243 e. The minimum Gasteiger partial charge on any atom is -0.351 e. The lowest BCUT2D eigenvalue weighted by Gasteiger charge is -2.15. The summed E-state index contributed by atoms with van der Waals surface area (Å²) < 4.78 is 0. The standard InChI is InChI=1S/C22H44N2O/c1-18(2)9-6-10-19(3)11-7-12-20(4)13-8-14-21(5)17-22(25)24-16-15-23/h17-20H,6-16,23H2,1-5H3,(H,24,25)/b21-17+. The van der Waals surface area contributed by atoms with E-state index in [9.17, 15) is 4.79 Å². The molecule has 0 bridgehead atoms. The van der Waals surface area contributed by atoms with Gasteiger partial charge in [0.25, 0.3) is 0 Å². The topological polar surface area (TPSA) is 55.1 Å². The summed E-state index contributed by atoms with van der Waals surface area (Å²) in [6, 6.07) is 0. The van der Waals surface area contributed by atoms with Crippen LogP contribution in [0.25, 0.3) is 0 Å². The average Bonchev–Trinajstić information content (AvgIpc) is 2.52. The summed E-state index contributed by atoms with van der Waals surface area (Å²) in [6.07, 6.45) is 13.4. The number of carbonyl (C=O) groups excluding carboxylic acids is 1. The molecule has 148 valence electrons. The zero-order valence-electron chi connectivity index (χ0n) is 17.6. The zero-order chi connectivity index (χ0) is 19.1. The van der Waals surface area contributed by atoms with E-state index in [0.29, 0.717) is 13.1 Å². The number of nitrogens with one attached hydrogen (secondary N) is 1. The SMILES string of the molecule is C/C(=C\C(=O)NCCN)CCCC(C)CCCC(C)CCCC(C)C. The quantitative estimate of drug-likeness (QED) is 0.385. The molecule has 0 saturated carbocycles. The van der Waals surface area contributed by atoms with Crippen LogP contribution >= 0.6 is 0 Å². The molecule has 0 rings (SSSR count). The third kappa shape index (κ3) is 16.4. The molecule has 0 aromatic carbocycles. The summed E-state index contributed by atoms with van der Waals surface area (Å²) >= 11 is 0. The Bertz CT molecular complexity index is 363. The van der Waals surface area contributed by atoms with Crippen molar-refractivity contribution in [3.63, 3.8) is 0 Å². The number of carbonyl (C=O) groups is 1. The van der Waals surface area contributed by atoms with Crippen LogP contribution in [0.5, 0.6) is 0 Å². The molecule has 0 aliphatic heterocycles. The second-order valence-corrected chi connectivity index (χ2v) is 8.43. The van der Waals surface area contributed by atoms with Gasteiger partial charge in [0.15, 0.2) is 0 Å². The number of hydrogen-bond acceptors (Lipinski definition) is 2. The molecule has 0 saturated heterocycles. The van der Waals surface area contributed by atoms with Crippen molar-refractivity contribution in [3.05, 3.63) is 11.6 Å². The van der Waals surface area contributed by atoms with E-state index in [4.69, 9.17) is 5.73 Å². The van der Waals surface area contributed by atoms with Crippen molar-refractivity contribution >= 4 is 5.91 Å². The van der Waals surface area contributed by atoms with Gasteiger partial charge in [0.05, 0.1) is 0 Å². The van der Waals surface area contributed by atoms with Crippen LogP contribution in [-0.2, 0) is 4.79 Å². The second kappa shape index (κ2) is 15.4. The average molecular weight is 353 g/mol. The normalized spacial score (nSPS) is 14.6. The van der Waals surface area contributed by atoms with E-state index >= 15 is 0 Å². The van der Waals surface area contributed by atoms with Crippen LogP contribution in [0.3, 0.4) is 0 Å². The van der Waals surface area contributed by atoms with Crippen molar-refractivity contribution in [2.45, 2.75) is 92.4 Å². The van der Waals surface area contributed by atoms with Gasteiger partial charge in [-0.15, -0.1) is 0 Å². The van der Waals surface area contributed by atoms with Crippen LogP contribution in [0.15, 0.2) is 11.6 Å². The minimum absolute atomic E-state index is 0.0116. The number of nitrogens with two attached hydrogens (primary N) is 1. The van der Waals surface area contributed by atoms with Crippen molar-refractivity contribution in [3.8, 4) is 0 Å². The van der Waals surface area contributed by atoms with E-state index in [1.165, 1.54) is 56.9 Å². The fourth-order valence-electron chi connectivity index (χ4n) is 3.25. The van der Waals surface area contributed by atoms with Gasteiger partial charge in [0, 0.05) is 19.2 Å². The third-order valence-electron chi connectivity index (χ3n) is 4.96. The largest absolute Gasteiger partial charge is 0.351 e. The van der Waals surface area contributed by atoms with Gasteiger partial charge in [-0.05, 0) is 37.5 Å². The maximum atomic E-state index is 11.6. The summed E-state index contributed by atoms with van der Waals surface area (Å²) in [5.74, 6) is 2.50. The highest BCUT2D eigenvalue weighted by Gasteiger charge is 2.07. The third-order valence-corrected chi connectivity index (χ3v) is 4.96. The van der Waals surface area contributed by atoms with E-state index in [2.05, 4.69) is 33.0 Å². The molecule has 0 heterocycles. The maximum absolute atomic E-state index is 11.6. The summed E-state index contributed by atoms with van der Waals surface area (Å²) in [7, 11) is 0. The van der Waals surface area contributed by atoms with Gasteiger partial charge in [-0.1, -0.05) is 78.2 Å². The van der Waals surface area contributed by atoms with Crippen molar-refractivity contribution in [1.82, 2.24) is 5.32 Å². The first-order valence-corrected chi connectivity index (χ1v) is 10.5. The fraction of sp³-hybridized carbons (Fsp3) is 0.864. The molecule has 0 aliphatic carbocycles. The van der Waals surface area contributed by atoms with Crippen molar-refractivity contribution in [2.75, 3.05) is 13.1 Å². The molecule has 2 atom stereocenters. The van der Waals surface area contributed by atoms with Gasteiger partial charge in [-0.25, -0.2) is 0 Å². The van der Waals surface area contributed by atoms with E-state index < -0.39 is 0 Å². The molecule has 1 amide bonds. The van der Waals surface area contributed by atoms with E-state index in [1.54, 1.807) is 6.08 Å². The fourth-order valence-corrected chi connectivity index (χ4v) is 3.25. The summed E-state index contributed by atoms with van der Waals surface area (Å²) in [4.78, 5) is 11.6. The lowest BCUT2D eigenvalue weighted by molar-refractivity contribution is -0.116. The molecule has 0 spiro atoms. The van der Waals surface area contributed by atoms with Crippen molar-refractivity contribution < 1.29 is 4.79 Å². The highest BCUT2D eigenvalue weighted by molar-refractivity contribution is 5.88. The lowest BCUT2D eigenvalue weighted by Crippen LogP contribution is -2.27. The van der Waals surface area contributed by atoms with Crippen LogP contribution in [0.2, 0.25) is 0 Å². The monoisotopic (exact) mass is 352 g/mol. The van der Waals surface area contributed by atoms with E-state index in [-0.39, 0.29) is 5.91 Å². The highest BCUT2D eigenvalue weighted by Crippen LogP contribution is 2.21. The first-order valence-electron chi connectivity index (χ1n) is 10.5. The van der Waals surface area contributed by atoms with Crippen LogP contribution in [0.4, 0.5) is 0 Å². The first-order chi connectivity index (χ1) is 11.8. The molecule has 3 nitrogen and oxygen atoms in total. The number of amides is 1. The van der Waals surface area contributed by atoms with Gasteiger partial charge >= 0.3 is 0 Å². The van der Waals surface area contributed by atoms with Gasteiger partial charge in [-0.2, -0.15) is 0 Å². The molecular weight excluding hydrogens is 308 g/mol. The van der Waals surface area contributed by atoms with Gasteiger partial charge in [0.1, 0.15) is 0 Å². The van der Waals surface area contributed by atoms with Gasteiger partial charge < -0.3 is 11.1 Å². The van der Waals surface area contributed by atoms with Crippen LogP contribution in [-0.4, -0.2) is 19.0 Å². The van der Waals surface area contributed by atoms with Crippen molar-refractivity contribution in [1.29, 1.82) is 0 Å². The molecule has 2 unspecified atom stereocenters. The van der Waals surface area contributed by atoms with Gasteiger partial charge in [0.2, 0.25) is 5.91 Å². The summed E-state index contributed by atoms with van der Waals surface area (Å²) in [5.41, 5.74) is 6.55. The molecule has 0 aromatic rings. The minimum atomic E-state index is -0.0116. The van der Waals surface area contributed by atoms with Gasteiger partial charge in [-0.3, -0.25) is 4.79 Å². The Morgan fingerprint density at radius 3 is 1.96 bits per heavy atom. The first kappa shape index (κ1) is 24.2. The molecular formula is C22H44N2O. The second-order valence-electron chi connectivity index (χ2n) is 8.43. The molecule has 3 N–H and O–H groups in total. The summed E-state index contributed by atoms with van der Waals surface area (Å²) in [6.45, 7) is 12.5. The molecule has 25 heavy (non-hydrogen) atoms. The molecule has 0 fully saturated rings. The summed E-state index contributed by atoms with van der Waals surface area (Å²) in [5, 5.41) is 2.78. The number of hydrogen-bond donors (Lipinski definition) is 2. The van der Waals surface area contributed by atoms with E-state index in [0.717, 1.165) is 24.2 Å². The Balaban J connectivity index is 3.71. The highest BCUT2D eigenvalue weighted by atomic mass is 16.1. The predicted octanol–water partition coefficient (Wildman–Crippen LogP) is 5.45. The Hall–Kier alpha value is -0.830. The van der Waals surface area contributed by atoms with E-state index in [1.807, 2.05) is 6.92 Å². The predicted molar refractivity (Wildman–Crippen MR) is 111 cm³/mol. The zero-order valence-corrected chi connectivity index (χ0v) is 17.6. The Morgan fingerprint density at radius 2 is 1.44 bits per heavy atom. The molecule has 0 radical (unpaired) electrons. The Morgan fingerprint density at radius 1 is 0.920 bits per heavy atom. The lowest BCUT2D eigenvalue weighted by atomic mass is 9.91. The van der Waals surface area contributed by atoms with Crippen LogP contribution in [0, 0.1) is 17.8 Å². The smallest absolute Gasteiger partial charge is 0.243 e. The van der Waals surface area contributed by atoms with Crippen molar-refractivity contribution in [2.24, 2.45) is 23.5 Å². The Kier molecular flexibility index (Phi) is 14.9. The Labute approximate surface area is 157 Å². The number of rotatable bonds is 15. The number of allylic oxidation sites excluding steroid dienone is 1. The van der Waals surface area contributed by atoms with Crippen LogP contribution in [0.1, 0.15) is 92.4 Å². The van der Waals surface area contributed by atoms with Crippen LogP contribution < -0.4 is 11.1 Å². The molecule has 0 aromatic heterocycles. The molecule has 3 heteroatoms. The molecule has 0 aliphatic rings.